The largest absolute Gasteiger partial charge is 0.478 e. The average molecular weight is 430 g/mol. The molecule has 0 radical (unpaired) electrons. The average Bonchev–Trinajstić information content (AvgIpc) is 2.92. The molecule has 3 rings (SSSR count). The van der Waals surface area contributed by atoms with E-state index in [2.05, 4.69) is 4.57 Å². The first kappa shape index (κ1) is 21.7. The first-order chi connectivity index (χ1) is 14.1. The monoisotopic (exact) mass is 429 g/mol. The minimum Gasteiger partial charge on any atom is -0.478 e. The van der Waals surface area contributed by atoms with E-state index in [0.717, 1.165) is 27.7 Å². The summed E-state index contributed by atoms with van der Waals surface area (Å²) in [6, 6.07) is 10.2. The Balaban J connectivity index is 2.00. The van der Waals surface area contributed by atoms with Gasteiger partial charge in [-0.2, -0.15) is 0 Å². The van der Waals surface area contributed by atoms with Crippen molar-refractivity contribution in [3.63, 3.8) is 0 Å². The standard InChI is InChI=1S/C23H24ClNO5/c1-12(2)21(23(28)29)30-17-6-7-19(24)16(9-17)11-25-14(4)13(3)18-10-15(22(26)27)5-8-20(18)25/h5-10,12,21H,11H2,1-4H3,(H,26,27)(H,28,29)/t21-/m0/s1. The van der Waals surface area contributed by atoms with Crippen molar-refractivity contribution in [2.75, 3.05) is 0 Å². The number of ether oxygens (including phenoxy) is 1. The maximum atomic E-state index is 11.5. The molecule has 1 heterocycles. The van der Waals surface area contributed by atoms with Crippen LogP contribution in [0.25, 0.3) is 10.9 Å². The van der Waals surface area contributed by atoms with Crippen LogP contribution in [-0.4, -0.2) is 32.8 Å². The van der Waals surface area contributed by atoms with Crippen molar-refractivity contribution in [1.29, 1.82) is 0 Å². The van der Waals surface area contributed by atoms with E-state index in [1.807, 2.05) is 13.8 Å². The van der Waals surface area contributed by atoms with Crippen molar-refractivity contribution < 1.29 is 24.5 Å². The van der Waals surface area contributed by atoms with E-state index < -0.39 is 18.0 Å². The van der Waals surface area contributed by atoms with Crippen LogP contribution >= 0.6 is 11.6 Å². The SMILES string of the molecule is Cc1c(C)n(Cc2cc(O[C@H](C(=O)O)C(C)C)ccc2Cl)c2ccc(C(=O)O)cc12. The summed E-state index contributed by atoms with van der Waals surface area (Å²) in [6.07, 6.45) is -0.954. The number of aryl methyl sites for hydroxylation is 1. The number of carboxylic acids is 2. The van der Waals surface area contributed by atoms with Crippen molar-refractivity contribution in [2.24, 2.45) is 5.92 Å². The molecule has 0 saturated heterocycles. The molecular weight excluding hydrogens is 406 g/mol. The maximum Gasteiger partial charge on any atom is 0.345 e. The molecule has 1 atom stereocenters. The van der Waals surface area contributed by atoms with E-state index in [0.29, 0.717) is 17.3 Å². The van der Waals surface area contributed by atoms with E-state index >= 15 is 0 Å². The summed E-state index contributed by atoms with van der Waals surface area (Å²) in [5, 5.41) is 20.1. The van der Waals surface area contributed by atoms with Crippen molar-refractivity contribution in [2.45, 2.75) is 40.3 Å². The van der Waals surface area contributed by atoms with Crippen LogP contribution in [0.3, 0.4) is 0 Å². The molecule has 0 saturated carbocycles. The highest BCUT2D eigenvalue weighted by atomic mass is 35.5. The molecule has 1 aromatic heterocycles. The summed E-state index contributed by atoms with van der Waals surface area (Å²) < 4.78 is 7.77. The van der Waals surface area contributed by atoms with E-state index in [1.165, 1.54) is 0 Å². The lowest BCUT2D eigenvalue weighted by Crippen LogP contribution is -2.32. The van der Waals surface area contributed by atoms with E-state index in [-0.39, 0.29) is 11.5 Å². The molecule has 2 aromatic carbocycles. The number of aromatic nitrogens is 1. The van der Waals surface area contributed by atoms with Crippen LogP contribution in [0.1, 0.15) is 41.0 Å². The first-order valence-corrected chi connectivity index (χ1v) is 9.98. The Hall–Kier alpha value is -2.99. The fraction of sp³-hybridized carbons (Fsp3) is 0.304. The van der Waals surface area contributed by atoms with Gasteiger partial charge in [0, 0.05) is 34.1 Å². The number of nitrogens with zero attached hydrogens (tertiary/aromatic N) is 1. The number of carbonyl (C=O) groups is 2. The molecule has 0 fully saturated rings. The second-order valence-corrected chi connectivity index (χ2v) is 8.11. The number of halogens is 1. The van der Waals surface area contributed by atoms with Crippen molar-refractivity contribution in [3.8, 4) is 5.75 Å². The third-order valence-electron chi connectivity index (χ3n) is 5.34. The Morgan fingerprint density at radius 3 is 2.40 bits per heavy atom. The number of aliphatic carboxylic acids is 1. The zero-order valence-electron chi connectivity index (χ0n) is 17.3. The molecule has 0 aliphatic heterocycles. The van der Waals surface area contributed by atoms with Crippen molar-refractivity contribution in [3.05, 3.63) is 63.8 Å². The minimum atomic E-state index is -1.02. The van der Waals surface area contributed by atoms with Gasteiger partial charge in [0.15, 0.2) is 6.10 Å². The molecule has 0 bridgehead atoms. The zero-order valence-corrected chi connectivity index (χ0v) is 18.0. The second kappa shape index (κ2) is 8.40. The van der Waals surface area contributed by atoms with Gasteiger partial charge in [0.05, 0.1) is 5.56 Å². The van der Waals surface area contributed by atoms with E-state index in [1.54, 1.807) is 50.2 Å². The molecule has 30 heavy (non-hydrogen) atoms. The van der Waals surface area contributed by atoms with Crippen LogP contribution in [-0.2, 0) is 11.3 Å². The van der Waals surface area contributed by atoms with Gasteiger partial charge >= 0.3 is 11.9 Å². The van der Waals surface area contributed by atoms with Crippen LogP contribution in [0, 0.1) is 19.8 Å². The molecule has 2 N–H and O–H groups in total. The molecule has 0 spiro atoms. The first-order valence-electron chi connectivity index (χ1n) is 9.60. The molecule has 0 aliphatic rings. The van der Waals surface area contributed by atoms with E-state index in [9.17, 15) is 19.8 Å². The van der Waals surface area contributed by atoms with Gasteiger partial charge in [-0.1, -0.05) is 25.4 Å². The number of rotatable bonds is 7. The van der Waals surface area contributed by atoms with Gasteiger partial charge in [0.2, 0.25) is 0 Å². The number of carboxylic acid groups (broad SMARTS) is 2. The van der Waals surface area contributed by atoms with Crippen LogP contribution in [0.4, 0.5) is 0 Å². The Morgan fingerprint density at radius 1 is 1.10 bits per heavy atom. The second-order valence-electron chi connectivity index (χ2n) is 7.71. The number of benzene rings is 2. The van der Waals surface area contributed by atoms with Crippen molar-refractivity contribution in [1.82, 2.24) is 4.57 Å². The van der Waals surface area contributed by atoms with Gasteiger partial charge in [-0.3, -0.25) is 0 Å². The van der Waals surface area contributed by atoms with Gasteiger partial charge in [0.1, 0.15) is 5.75 Å². The van der Waals surface area contributed by atoms with Crippen LogP contribution < -0.4 is 4.74 Å². The maximum absolute atomic E-state index is 11.5. The van der Waals surface area contributed by atoms with Gasteiger partial charge < -0.3 is 19.5 Å². The highest BCUT2D eigenvalue weighted by Gasteiger charge is 2.24. The third kappa shape index (κ3) is 4.14. The van der Waals surface area contributed by atoms with Crippen LogP contribution in [0.15, 0.2) is 36.4 Å². The fourth-order valence-electron chi connectivity index (χ4n) is 3.52. The van der Waals surface area contributed by atoms with Gasteiger partial charge in [0.25, 0.3) is 0 Å². The third-order valence-corrected chi connectivity index (χ3v) is 5.71. The predicted octanol–water partition coefficient (Wildman–Crippen LogP) is 5.15. The Bertz CT molecular complexity index is 1130. The quantitative estimate of drug-likeness (QED) is 0.542. The molecule has 0 unspecified atom stereocenters. The Labute approximate surface area is 179 Å². The molecule has 3 aromatic rings. The van der Waals surface area contributed by atoms with Crippen molar-refractivity contribution >= 4 is 34.4 Å². The highest BCUT2D eigenvalue weighted by Crippen LogP contribution is 2.30. The molecule has 0 aliphatic carbocycles. The van der Waals surface area contributed by atoms with Gasteiger partial charge in [-0.25, -0.2) is 9.59 Å². The van der Waals surface area contributed by atoms with Crippen LogP contribution in [0.5, 0.6) is 5.75 Å². The summed E-state index contributed by atoms with van der Waals surface area (Å²) in [5.41, 5.74) is 3.93. The van der Waals surface area contributed by atoms with Gasteiger partial charge in [-0.05, 0) is 61.4 Å². The number of hydrogen-bond acceptors (Lipinski definition) is 3. The molecule has 6 nitrogen and oxygen atoms in total. The molecule has 158 valence electrons. The summed E-state index contributed by atoms with van der Waals surface area (Å²) in [5.74, 6) is -1.73. The fourth-order valence-corrected chi connectivity index (χ4v) is 3.70. The minimum absolute atomic E-state index is 0.191. The smallest absolute Gasteiger partial charge is 0.345 e. The summed E-state index contributed by atoms with van der Waals surface area (Å²) >= 11 is 6.42. The number of hydrogen-bond donors (Lipinski definition) is 2. The molecular formula is C23H24ClNO5. The topological polar surface area (TPSA) is 88.8 Å². The summed E-state index contributed by atoms with van der Waals surface area (Å²) in [7, 11) is 0. The molecule has 0 amide bonds. The molecule has 7 heteroatoms. The lowest BCUT2D eigenvalue weighted by molar-refractivity contribution is -0.147. The predicted molar refractivity (Wildman–Crippen MR) is 116 cm³/mol. The Morgan fingerprint density at radius 2 is 1.80 bits per heavy atom. The zero-order chi connectivity index (χ0) is 22.2. The van der Waals surface area contributed by atoms with Gasteiger partial charge in [-0.15, -0.1) is 0 Å². The lowest BCUT2D eigenvalue weighted by Gasteiger charge is -2.19. The number of aromatic carboxylic acids is 1. The Kier molecular flexibility index (Phi) is 6.08. The lowest BCUT2D eigenvalue weighted by atomic mass is 10.1. The summed E-state index contributed by atoms with van der Waals surface area (Å²) in [4.78, 5) is 22.8. The number of fused-ring (bicyclic) bond motifs is 1. The normalized spacial score (nSPS) is 12.3. The van der Waals surface area contributed by atoms with E-state index in [4.69, 9.17) is 16.3 Å². The van der Waals surface area contributed by atoms with Crippen LogP contribution in [0.2, 0.25) is 5.02 Å². The summed E-state index contributed by atoms with van der Waals surface area (Å²) in [6.45, 7) is 7.96. The highest BCUT2D eigenvalue weighted by molar-refractivity contribution is 6.31.